The van der Waals surface area contributed by atoms with Crippen molar-refractivity contribution < 1.29 is 18.7 Å². The minimum atomic E-state index is -2.68. The predicted octanol–water partition coefficient (Wildman–Crippen LogP) is 5.34. The van der Waals surface area contributed by atoms with E-state index in [9.17, 15) is 18.7 Å². The summed E-state index contributed by atoms with van der Waals surface area (Å²) in [7, 11) is 0. The van der Waals surface area contributed by atoms with Crippen LogP contribution in [0.3, 0.4) is 0 Å². The monoisotopic (exact) mass is 409 g/mol. The fourth-order valence-corrected chi connectivity index (χ4v) is 4.70. The SMILES string of the molecule is CCn1c2c(c3cc(-c4nc5c(C)c(C(=O)O)ccc5[nH]4)ccc31)CC(F)(F)CC2. The lowest BCUT2D eigenvalue weighted by Gasteiger charge is -2.23. The molecule has 4 aromatic rings. The quantitative estimate of drug-likeness (QED) is 0.480. The highest BCUT2D eigenvalue weighted by Crippen LogP contribution is 2.40. The van der Waals surface area contributed by atoms with Gasteiger partial charge in [-0.3, -0.25) is 0 Å². The second kappa shape index (κ2) is 6.39. The van der Waals surface area contributed by atoms with Crippen molar-refractivity contribution in [3.8, 4) is 11.4 Å². The molecule has 2 aromatic carbocycles. The van der Waals surface area contributed by atoms with E-state index in [1.54, 1.807) is 19.1 Å². The number of fused-ring (bicyclic) bond motifs is 4. The van der Waals surface area contributed by atoms with E-state index in [1.807, 2.05) is 25.1 Å². The summed E-state index contributed by atoms with van der Waals surface area (Å²) in [5.74, 6) is -3.08. The highest BCUT2D eigenvalue weighted by molar-refractivity contribution is 5.96. The van der Waals surface area contributed by atoms with Crippen molar-refractivity contribution in [2.24, 2.45) is 0 Å². The normalized spacial score (nSPS) is 15.6. The summed E-state index contributed by atoms with van der Waals surface area (Å²) in [6.07, 6.45) is 0.0242. The fraction of sp³-hybridized carbons (Fsp3) is 0.304. The van der Waals surface area contributed by atoms with Gasteiger partial charge in [-0.2, -0.15) is 0 Å². The molecule has 0 spiro atoms. The van der Waals surface area contributed by atoms with Gasteiger partial charge < -0.3 is 14.7 Å². The van der Waals surface area contributed by atoms with Crippen LogP contribution in [-0.2, 0) is 19.4 Å². The molecule has 2 heterocycles. The Labute approximate surface area is 171 Å². The third-order valence-corrected chi connectivity index (χ3v) is 6.18. The van der Waals surface area contributed by atoms with Crippen LogP contribution < -0.4 is 0 Å². The van der Waals surface area contributed by atoms with Gasteiger partial charge in [-0.1, -0.05) is 0 Å². The first-order valence-electron chi connectivity index (χ1n) is 10.0. The molecule has 0 saturated heterocycles. The van der Waals surface area contributed by atoms with Gasteiger partial charge in [0.15, 0.2) is 0 Å². The molecule has 7 heteroatoms. The molecule has 0 amide bonds. The standard InChI is InChI=1S/C23H21F2N3O2/c1-3-28-18-7-4-13(10-15(18)16-11-23(24,25)9-8-19(16)28)21-26-17-6-5-14(22(29)30)12(2)20(17)27-21/h4-7,10H,3,8-9,11H2,1-2H3,(H,26,27)(H,29,30). The van der Waals surface area contributed by atoms with E-state index in [2.05, 4.69) is 14.5 Å². The number of alkyl halides is 2. The molecule has 1 aliphatic carbocycles. The Balaban J connectivity index is 1.69. The number of imidazole rings is 1. The number of halogens is 2. The van der Waals surface area contributed by atoms with Crippen LogP contribution in [0.2, 0.25) is 0 Å². The van der Waals surface area contributed by atoms with Crippen LogP contribution in [0.1, 0.15) is 40.5 Å². The van der Waals surface area contributed by atoms with Gasteiger partial charge in [0.2, 0.25) is 0 Å². The van der Waals surface area contributed by atoms with Gasteiger partial charge in [0, 0.05) is 41.5 Å². The number of carbonyl (C=O) groups is 1. The van der Waals surface area contributed by atoms with Crippen LogP contribution in [0.4, 0.5) is 8.78 Å². The van der Waals surface area contributed by atoms with Crippen molar-refractivity contribution in [3.05, 3.63) is 52.7 Å². The van der Waals surface area contributed by atoms with Gasteiger partial charge >= 0.3 is 5.97 Å². The lowest BCUT2D eigenvalue weighted by atomic mass is 9.92. The zero-order valence-electron chi connectivity index (χ0n) is 16.7. The molecule has 0 atom stereocenters. The van der Waals surface area contributed by atoms with E-state index < -0.39 is 11.9 Å². The maximum Gasteiger partial charge on any atom is 0.336 e. The van der Waals surface area contributed by atoms with Crippen molar-refractivity contribution in [2.45, 2.75) is 45.6 Å². The average Bonchev–Trinajstić information content (AvgIpc) is 3.26. The Morgan fingerprint density at radius 3 is 2.83 bits per heavy atom. The number of hydrogen-bond donors (Lipinski definition) is 2. The third-order valence-electron chi connectivity index (χ3n) is 6.18. The highest BCUT2D eigenvalue weighted by Gasteiger charge is 2.37. The summed E-state index contributed by atoms with van der Waals surface area (Å²) >= 11 is 0. The third kappa shape index (κ3) is 2.72. The zero-order chi connectivity index (χ0) is 21.2. The number of aryl methyl sites for hydroxylation is 2. The molecule has 5 nitrogen and oxygen atoms in total. The van der Waals surface area contributed by atoms with Gasteiger partial charge in [-0.15, -0.1) is 0 Å². The van der Waals surface area contributed by atoms with Crippen molar-refractivity contribution >= 4 is 27.9 Å². The highest BCUT2D eigenvalue weighted by atomic mass is 19.3. The molecule has 5 rings (SSSR count). The Bertz CT molecular complexity index is 1330. The molecular weight excluding hydrogens is 388 g/mol. The van der Waals surface area contributed by atoms with Gasteiger partial charge in [-0.05, 0) is 61.7 Å². The van der Waals surface area contributed by atoms with E-state index in [0.717, 1.165) is 39.8 Å². The topological polar surface area (TPSA) is 70.9 Å². The first-order chi connectivity index (χ1) is 14.3. The molecule has 154 valence electrons. The van der Waals surface area contributed by atoms with Crippen molar-refractivity contribution in [1.29, 1.82) is 0 Å². The molecule has 30 heavy (non-hydrogen) atoms. The Morgan fingerprint density at radius 1 is 1.30 bits per heavy atom. The molecule has 0 saturated carbocycles. The number of carboxylic acids is 1. The van der Waals surface area contributed by atoms with Crippen molar-refractivity contribution in [3.63, 3.8) is 0 Å². The lowest BCUT2D eigenvalue weighted by Crippen LogP contribution is -2.26. The lowest BCUT2D eigenvalue weighted by molar-refractivity contribution is -0.0125. The molecule has 0 aliphatic heterocycles. The summed E-state index contributed by atoms with van der Waals surface area (Å²) in [5.41, 5.74) is 5.64. The van der Waals surface area contributed by atoms with Crippen LogP contribution in [-0.4, -0.2) is 31.5 Å². The number of aromatic nitrogens is 3. The Hall–Kier alpha value is -3.22. The summed E-state index contributed by atoms with van der Waals surface area (Å²) < 4.78 is 30.4. The zero-order valence-corrected chi connectivity index (χ0v) is 16.7. The summed E-state index contributed by atoms with van der Waals surface area (Å²) in [6, 6.07) is 9.09. The van der Waals surface area contributed by atoms with E-state index in [1.165, 1.54) is 0 Å². The summed E-state index contributed by atoms with van der Waals surface area (Å²) in [4.78, 5) is 19.3. The maximum atomic E-state index is 14.2. The molecule has 2 N–H and O–H groups in total. The van der Waals surface area contributed by atoms with Crippen molar-refractivity contribution in [1.82, 2.24) is 14.5 Å². The van der Waals surface area contributed by atoms with Crippen molar-refractivity contribution in [2.75, 3.05) is 0 Å². The number of nitrogens with one attached hydrogen (secondary N) is 1. The fourth-order valence-electron chi connectivity index (χ4n) is 4.70. The van der Waals surface area contributed by atoms with Crippen LogP contribution in [0.5, 0.6) is 0 Å². The largest absolute Gasteiger partial charge is 0.478 e. The number of benzene rings is 2. The second-order valence-electron chi connectivity index (χ2n) is 7.96. The van der Waals surface area contributed by atoms with E-state index in [4.69, 9.17) is 0 Å². The van der Waals surface area contributed by atoms with Gasteiger partial charge in [0.1, 0.15) is 5.82 Å². The minimum Gasteiger partial charge on any atom is -0.478 e. The number of rotatable bonds is 3. The van der Waals surface area contributed by atoms with Crippen LogP contribution in [0.25, 0.3) is 33.3 Å². The van der Waals surface area contributed by atoms with Crippen LogP contribution in [0.15, 0.2) is 30.3 Å². The van der Waals surface area contributed by atoms with Gasteiger partial charge in [-0.25, -0.2) is 18.6 Å². The number of nitrogens with zero attached hydrogens (tertiary/aromatic N) is 2. The Morgan fingerprint density at radius 2 is 2.10 bits per heavy atom. The molecule has 0 bridgehead atoms. The number of H-pyrrole nitrogens is 1. The Kier molecular flexibility index (Phi) is 4.00. The second-order valence-corrected chi connectivity index (χ2v) is 7.96. The molecule has 2 aromatic heterocycles. The molecular formula is C23H21F2N3O2. The number of carboxylic acid groups (broad SMARTS) is 1. The average molecular weight is 409 g/mol. The first-order valence-corrected chi connectivity index (χ1v) is 10.0. The number of hydrogen-bond acceptors (Lipinski definition) is 2. The maximum absolute atomic E-state index is 14.2. The van der Waals surface area contributed by atoms with E-state index >= 15 is 0 Å². The number of aromatic carboxylic acids is 1. The molecule has 0 unspecified atom stereocenters. The van der Waals surface area contributed by atoms with E-state index in [-0.39, 0.29) is 18.4 Å². The van der Waals surface area contributed by atoms with Crippen LogP contribution in [0, 0.1) is 6.92 Å². The van der Waals surface area contributed by atoms with Gasteiger partial charge in [0.25, 0.3) is 5.92 Å². The smallest absolute Gasteiger partial charge is 0.336 e. The van der Waals surface area contributed by atoms with E-state index in [0.29, 0.717) is 23.3 Å². The van der Waals surface area contributed by atoms with Gasteiger partial charge in [0.05, 0.1) is 16.6 Å². The summed E-state index contributed by atoms with van der Waals surface area (Å²) in [6.45, 7) is 4.50. The predicted molar refractivity (Wildman–Crippen MR) is 111 cm³/mol. The van der Waals surface area contributed by atoms with Crippen LogP contribution >= 0.6 is 0 Å². The first kappa shape index (κ1) is 18.8. The molecule has 1 aliphatic rings. The number of aromatic amines is 1. The molecule has 0 radical (unpaired) electrons. The summed E-state index contributed by atoms with van der Waals surface area (Å²) in [5, 5.41) is 10.2. The minimum absolute atomic E-state index is 0.113. The molecule has 0 fully saturated rings.